The van der Waals surface area contributed by atoms with E-state index >= 15 is 0 Å². The van der Waals surface area contributed by atoms with Gasteiger partial charge in [-0.1, -0.05) is 6.92 Å². The Morgan fingerprint density at radius 2 is 2.06 bits per heavy atom. The average Bonchev–Trinajstić information content (AvgIpc) is 2.65. The maximum Gasteiger partial charge on any atom is 0.390 e. The Labute approximate surface area is 99.0 Å². The molecule has 1 aromatic rings. The molecule has 0 aromatic carbocycles. The zero-order valence-corrected chi connectivity index (χ0v) is 10.1. The van der Waals surface area contributed by atoms with Crippen molar-refractivity contribution in [1.29, 1.82) is 0 Å². The molecule has 6 heteroatoms. The van der Waals surface area contributed by atoms with Crippen LogP contribution in [0.4, 0.5) is 13.2 Å². The van der Waals surface area contributed by atoms with Gasteiger partial charge in [0.25, 0.3) is 0 Å². The number of nitrogens with zero attached hydrogens (tertiary/aromatic N) is 2. The first kappa shape index (κ1) is 14.0. The molecule has 0 atom stereocenters. The van der Waals surface area contributed by atoms with Crippen molar-refractivity contribution in [3.8, 4) is 0 Å². The number of halogens is 3. The number of aryl methyl sites for hydroxylation is 2. The van der Waals surface area contributed by atoms with E-state index in [1.807, 2.05) is 24.6 Å². The summed E-state index contributed by atoms with van der Waals surface area (Å²) in [5.41, 5.74) is 1.91. The summed E-state index contributed by atoms with van der Waals surface area (Å²) in [6.07, 6.45) is -4.05. The molecule has 0 saturated carbocycles. The van der Waals surface area contributed by atoms with E-state index in [4.69, 9.17) is 0 Å². The third kappa shape index (κ3) is 4.77. The molecule has 3 nitrogen and oxygen atoms in total. The second-order valence-electron chi connectivity index (χ2n) is 3.84. The molecule has 0 fully saturated rings. The molecule has 1 aromatic heterocycles. The van der Waals surface area contributed by atoms with Crippen LogP contribution in [0.5, 0.6) is 0 Å². The van der Waals surface area contributed by atoms with Crippen LogP contribution in [-0.4, -0.2) is 22.5 Å². The number of hydrogen-bond donors (Lipinski definition) is 1. The van der Waals surface area contributed by atoms with Crippen LogP contribution in [-0.2, 0) is 19.5 Å². The van der Waals surface area contributed by atoms with E-state index in [2.05, 4.69) is 10.4 Å². The van der Waals surface area contributed by atoms with Crippen LogP contribution in [0.2, 0.25) is 0 Å². The van der Waals surface area contributed by atoms with Crippen molar-refractivity contribution in [2.24, 2.45) is 0 Å². The van der Waals surface area contributed by atoms with Crippen molar-refractivity contribution in [1.82, 2.24) is 15.1 Å². The van der Waals surface area contributed by atoms with Gasteiger partial charge in [0.2, 0.25) is 0 Å². The molecule has 0 spiro atoms. The first-order chi connectivity index (χ1) is 7.96. The highest BCUT2D eigenvalue weighted by Gasteiger charge is 2.25. The third-order valence-electron chi connectivity index (χ3n) is 2.47. The molecule has 0 saturated heterocycles. The molecule has 0 bridgehead atoms. The number of aromatic nitrogens is 2. The van der Waals surface area contributed by atoms with Crippen molar-refractivity contribution < 1.29 is 13.2 Å². The number of nitrogens with one attached hydrogen (secondary N) is 1. The largest absolute Gasteiger partial charge is 0.390 e. The molecule has 1 N–H and O–H groups in total. The van der Waals surface area contributed by atoms with Crippen LogP contribution in [0.15, 0.2) is 6.07 Å². The zero-order chi connectivity index (χ0) is 12.9. The van der Waals surface area contributed by atoms with E-state index in [-0.39, 0.29) is 6.54 Å². The van der Waals surface area contributed by atoms with E-state index in [1.54, 1.807) is 0 Å². The van der Waals surface area contributed by atoms with Gasteiger partial charge < -0.3 is 5.32 Å². The summed E-state index contributed by atoms with van der Waals surface area (Å²) in [7, 11) is 0. The topological polar surface area (TPSA) is 29.9 Å². The molecule has 1 heterocycles. The Morgan fingerprint density at radius 3 is 2.59 bits per heavy atom. The summed E-state index contributed by atoms with van der Waals surface area (Å²) in [5.74, 6) is 0. The molecule has 0 radical (unpaired) electrons. The Kier molecular flexibility index (Phi) is 4.99. The fourth-order valence-electron chi connectivity index (χ4n) is 1.55. The summed E-state index contributed by atoms with van der Waals surface area (Å²) in [5, 5.41) is 7.12. The predicted octanol–water partition coefficient (Wildman–Crippen LogP) is 2.51. The van der Waals surface area contributed by atoms with Gasteiger partial charge in [-0.25, -0.2) is 0 Å². The van der Waals surface area contributed by atoms with E-state index < -0.39 is 12.6 Å². The van der Waals surface area contributed by atoms with Gasteiger partial charge in [-0.05, 0) is 19.4 Å². The monoisotopic (exact) mass is 249 g/mol. The maximum absolute atomic E-state index is 11.9. The minimum atomic E-state index is -4.09. The number of rotatable bonds is 6. The lowest BCUT2D eigenvalue weighted by Crippen LogP contribution is -2.22. The minimum absolute atomic E-state index is 0.0557. The highest BCUT2D eigenvalue weighted by atomic mass is 19.4. The zero-order valence-electron chi connectivity index (χ0n) is 10.1. The summed E-state index contributed by atoms with van der Waals surface area (Å²) in [6.45, 7) is 5.07. The molecular weight excluding hydrogens is 231 g/mol. The Hall–Kier alpha value is -1.04. The first-order valence-corrected chi connectivity index (χ1v) is 5.79. The van der Waals surface area contributed by atoms with Gasteiger partial charge in [0, 0.05) is 19.6 Å². The Bertz CT molecular complexity index is 344. The van der Waals surface area contributed by atoms with Crippen LogP contribution in [0.1, 0.15) is 31.7 Å². The van der Waals surface area contributed by atoms with Gasteiger partial charge in [-0.3, -0.25) is 4.68 Å². The molecule has 0 aliphatic carbocycles. The smallest absolute Gasteiger partial charge is 0.311 e. The fourth-order valence-corrected chi connectivity index (χ4v) is 1.55. The molecule has 17 heavy (non-hydrogen) atoms. The molecular formula is C11H18F3N3. The van der Waals surface area contributed by atoms with E-state index in [9.17, 15) is 13.2 Å². The predicted molar refractivity (Wildman–Crippen MR) is 59.7 cm³/mol. The highest BCUT2D eigenvalue weighted by Crippen LogP contribution is 2.18. The van der Waals surface area contributed by atoms with Gasteiger partial charge >= 0.3 is 6.18 Å². The number of hydrogen-bond acceptors (Lipinski definition) is 2. The summed E-state index contributed by atoms with van der Waals surface area (Å²) in [4.78, 5) is 0. The van der Waals surface area contributed by atoms with Gasteiger partial charge in [0.1, 0.15) is 0 Å². The van der Waals surface area contributed by atoms with E-state index in [1.165, 1.54) is 0 Å². The van der Waals surface area contributed by atoms with Gasteiger partial charge in [-0.15, -0.1) is 0 Å². The average molecular weight is 249 g/mol. The van der Waals surface area contributed by atoms with Crippen molar-refractivity contribution in [2.45, 2.75) is 46.0 Å². The van der Waals surface area contributed by atoms with Crippen LogP contribution in [0, 0.1) is 0 Å². The minimum Gasteiger partial charge on any atom is -0.311 e. The second-order valence-corrected chi connectivity index (χ2v) is 3.84. The second kappa shape index (κ2) is 6.05. The molecule has 0 amide bonds. The van der Waals surface area contributed by atoms with Crippen molar-refractivity contribution in [2.75, 3.05) is 6.54 Å². The van der Waals surface area contributed by atoms with Gasteiger partial charge in [-0.2, -0.15) is 18.3 Å². The lowest BCUT2D eigenvalue weighted by atomic mass is 10.3. The van der Waals surface area contributed by atoms with Crippen molar-refractivity contribution in [3.05, 3.63) is 17.5 Å². The van der Waals surface area contributed by atoms with Gasteiger partial charge in [0.05, 0.1) is 17.8 Å². The van der Waals surface area contributed by atoms with Gasteiger partial charge in [0.15, 0.2) is 0 Å². The van der Waals surface area contributed by atoms with Crippen LogP contribution in [0.25, 0.3) is 0 Å². The maximum atomic E-state index is 11.9. The molecule has 0 unspecified atom stereocenters. The molecule has 0 aliphatic heterocycles. The third-order valence-corrected chi connectivity index (χ3v) is 2.47. The van der Waals surface area contributed by atoms with E-state index in [0.29, 0.717) is 6.54 Å². The Balaban J connectivity index is 2.43. The fraction of sp³-hybridized carbons (Fsp3) is 0.727. The first-order valence-electron chi connectivity index (χ1n) is 5.79. The van der Waals surface area contributed by atoms with E-state index in [0.717, 1.165) is 24.4 Å². The van der Waals surface area contributed by atoms with Crippen LogP contribution in [0.3, 0.4) is 0 Å². The Morgan fingerprint density at radius 1 is 1.35 bits per heavy atom. The summed E-state index contributed by atoms with van der Waals surface area (Å²) < 4.78 is 37.6. The molecule has 98 valence electrons. The SMILES string of the molecule is CCc1cc(CNCCC(F)(F)F)n(CC)n1. The summed E-state index contributed by atoms with van der Waals surface area (Å²) >= 11 is 0. The molecule has 1 rings (SSSR count). The molecule has 0 aliphatic rings. The standard InChI is InChI=1S/C11H18F3N3/c1-3-9-7-10(17(4-2)16-9)8-15-6-5-11(12,13)14/h7,15H,3-6,8H2,1-2H3. The quantitative estimate of drug-likeness (QED) is 0.785. The van der Waals surface area contributed by atoms with Crippen LogP contribution < -0.4 is 5.32 Å². The summed E-state index contributed by atoms with van der Waals surface area (Å²) in [6, 6.07) is 1.93. The number of alkyl halides is 3. The van der Waals surface area contributed by atoms with Crippen LogP contribution >= 0.6 is 0 Å². The van der Waals surface area contributed by atoms with Crippen molar-refractivity contribution >= 4 is 0 Å². The lowest BCUT2D eigenvalue weighted by Gasteiger charge is -2.08. The lowest BCUT2D eigenvalue weighted by molar-refractivity contribution is -0.133. The highest BCUT2D eigenvalue weighted by molar-refractivity contribution is 5.10. The van der Waals surface area contributed by atoms with Crippen molar-refractivity contribution in [3.63, 3.8) is 0 Å². The normalized spacial score (nSPS) is 12.1.